The maximum Gasteiger partial charge on any atom is 0.322 e. The molecule has 2 aliphatic carbocycles. The number of hydrogen-bond acceptors (Lipinski definition) is 3. The second kappa shape index (κ2) is 6.43. The van der Waals surface area contributed by atoms with E-state index in [2.05, 4.69) is 20.5 Å². The molecule has 1 aromatic heterocycles. The fourth-order valence-corrected chi connectivity index (χ4v) is 5.08. The van der Waals surface area contributed by atoms with Crippen molar-refractivity contribution in [2.75, 3.05) is 18.9 Å². The Kier molecular flexibility index (Phi) is 4.00. The third-order valence-corrected chi connectivity index (χ3v) is 6.62. The van der Waals surface area contributed by atoms with Gasteiger partial charge in [0.1, 0.15) is 5.82 Å². The highest BCUT2D eigenvalue weighted by Crippen LogP contribution is 2.64. The Labute approximate surface area is 163 Å². The van der Waals surface area contributed by atoms with Crippen LogP contribution in [-0.2, 0) is 18.4 Å². The lowest BCUT2D eigenvalue weighted by Crippen LogP contribution is -2.39. The van der Waals surface area contributed by atoms with Gasteiger partial charge in [0, 0.05) is 54.2 Å². The maximum absolute atomic E-state index is 13.8. The minimum atomic E-state index is -0.357. The number of rotatable bonds is 3. The third-order valence-electron chi connectivity index (χ3n) is 6.62. The van der Waals surface area contributed by atoms with Gasteiger partial charge in [-0.2, -0.15) is 5.10 Å². The number of urea groups is 1. The summed E-state index contributed by atoms with van der Waals surface area (Å²) in [6.45, 7) is 1.22. The van der Waals surface area contributed by atoms with E-state index >= 15 is 0 Å². The molecule has 0 bridgehead atoms. The van der Waals surface area contributed by atoms with Crippen LogP contribution < -0.4 is 5.32 Å². The number of halogens is 1. The molecule has 2 unspecified atom stereocenters. The van der Waals surface area contributed by atoms with Gasteiger partial charge in [-0.3, -0.25) is 10.1 Å². The van der Waals surface area contributed by atoms with Crippen molar-refractivity contribution in [3.63, 3.8) is 0 Å². The molecule has 2 atom stereocenters. The molecule has 2 heterocycles. The molecule has 7 heteroatoms. The van der Waals surface area contributed by atoms with Crippen molar-refractivity contribution in [2.45, 2.75) is 44.1 Å². The van der Waals surface area contributed by atoms with Crippen LogP contribution >= 0.6 is 0 Å². The van der Waals surface area contributed by atoms with Gasteiger partial charge < -0.3 is 10.2 Å². The molecule has 2 N–H and O–H groups in total. The van der Waals surface area contributed by atoms with Gasteiger partial charge in [0.05, 0.1) is 12.2 Å². The number of carbonyl (C=O) groups excluding carboxylic acids is 1. The minimum Gasteiger partial charge on any atom is -0.320 e. The maximum atomic E-state index is 13.8. The Bertz CT molecular complexity index is 968. The summed E-state index contributed by atoms with van der Waals surface area (Å²) in [5.74, 6) is 0.422. The zero-order valence-electron chi connectivity index (χ0n) is 16.0. The molecule has 6 nitrogen and oxygen atoms in total. The van der Waals surface area contributed by atoms with Crippen LogP contribution in [0.2, 0.25) is 0 Å². The van der Waals surface area contributed by atoms with E-state index in [1.807, 2.05) is 4.90 Å². The van der Waals surface area contributed by atoms with Gasteiger partial charge >= 0.3 is 6.03 Å². The lowest BCUT2D eigenvalue weighted by molar-refractivity contribution is 0.206. The number of carbonyl (C=O) groups is 1. The van der Waals surface area contributed by atoms with Crippen LogP contribution in [0.4, 0.5) is 14.9 Å². The van der Waals surface area contributed by atoms with Crippen LogP contribution in [0.3, 0.4) is 0 Å². The summed E-state index contributed by atoms with van der Waals surface area (Å²) in [5, 5.41) is 10.8. The Hall–Kier alpha value is -2.70. The number of amides is 2. The average Bonchev–Trinajstić information content (AvgIpc) is 3.03. The van der Waals surface area contributed by atoms with Crippen molar-refractivity contribution in [2.24, 2.45) is 10.9 Å². The predicted molar refractivity (Wildman–Crippen MR) is 105 cm³/mol. The Balaban J connectivity index is 1.33. The summed E-state index contributed by atoms with van der Waals surface area (Å²) >= 11 is 0. The van der Waals surface area contributed by atoms with Gasteiger partial charge in [-0.25, -0.2) is 9.18 Å². The topological polar surface area (TPSA) is 73.4 Å². The zero-order valence-corrected chi connectivity index (χ0v) is 16.0. The summed E-state index contributed by atoms with van der Waals surface area (Å²) in [5.41, 5.74) is 4.79. The van der Waals surface area contributed by atoms with Crippen LogP contribution in [0.15, 0.2) is 23.2 Å². The molecule has 2 aromatic rings. The summed E-state index contributed by atoms with van der Waals surface area (Å²) in [6.07, 6.45) is 7.28. The molecule has 5 rings (SSSR count). The molecule has 0 spiro atoms. The average molecular weight is 381 g/mol. The number of anilines is 1. The van der Waals surface area contributed by atoms with E-state index in [1.165, 1.54) is 54.9 Å². The van der Waals surface area contributed by atoms with E-state index < -0.39 is 0 Å². The molecule has 0 radical (unpaired) electrons. The van der Waals surface area contributed by atoms with Crippen molar-refractivity contribution < 1.29 is 9.18 Å². The van der Waals surface area contributed by atoms with Crippen molar-refractivity contribution in [1.29, 1.82) is 0 Å². The number of aromatic nitrogens is 2. The van der Waals surface area contributed by atoms with E-state index in [4.69, 9.17) is 0 Å². The highest BCUT2D eigenvalue weighted by atomic mass is 19.1. The Morgan fingerprint density at radius 1 is 1.50 bits per heavy atom. The standard InChI is InChI=1S/C21H24FN5O/c1-23-11-13-9-15(4-5-17(13)22)24-20(28)27-8-6-18-16(12-27)19(26-25-18)21-7-2-3-14(21)10-21/h4-5,9,11,14H,2-3,6-8,10,12H2,1H3,(H,24,28)(H,25,26). The van der Waals surface area contributed by atoms with E-state index in [0.717, 1.165) is 12.3 Å². The summed E-state index contributed by atoms with van der Waals surface area (Å²) < 4.78 is 13.8. The van der Waals surface area contributed by atoms with Gasteiger partial charge in [-0.05, 0) is 43.4 Å². The number of aliphatic imine (C=N–C) groups is 1. The van der Waals surface area contributed by atoms with Crippen molar-refractivity contribution >= 4 is 17.9 Å². The van der Waals surface area contributed by atoms with E-state index in [1.54, 1.807) is 19.2 Å². The number of benzene rings is 1. The molecule has 3 aliphatic rings. The van der Waals surface area contributed by atoms with Gasteiger partial charge in [0.25, 0.3) is 0 Å². The molecule has 2 saturated carbocycles. The second-order valence-electron chi connectivity index (χ2n) is 8.20. The van der Waals surface area contributed by atoms with Crippen molar-refractivity contribution in [1.82, 2.24) is 15.1 Å². The number of nitrogens with zero attached hydrogens (tertiary/aromatic N) is 3. The number of nitrogens with one attached hydrogen (secondary N) is 2. The summed E-state index contributed by atoms with van der Waals surface area (Å²) in [7, 11) is 1.59. The molecule has 2 amide bonds. The minimum absolute atomic E-state index is 0.167. The van der Waals surface area contributed by atoms with Crippen molar-refractivity contribution in [3.05, 3.63) is 46.5 Å². The number of aromatic amines is 1. The van der Waals surface area contributed by atoms with Crippen LogP contribution in [0, 0.1) is 11.7 Å². The SMILES string of the molecule is CN=Cc1cc(NC(=O)N2CCc3[nH]nc(C45CCCC4C5)c3C2)ccc1F. The number of fused-ring (bicyclic) bond motifs is 2. The van der Waals surface area contributed by atoms with Crippen LogP contribution in [0.25, 0.3) is 0 Å². The lowest BCUT2D eigenvalue weighted by atomic mass is 9.92. The van der Waals surface area contributed by atoms with Gasteiger partial charge in [0.15, 0.2) is 0 Å². The lowest BCUT2D eigenvalue weighted by Gasteiger charge is -2.28. The first-order chi connectivity index (χ1) is 13.6. The highest BCUT2D eigenvalue weighted by Gasteiger charge is 2.60. The Morgan fingerprint density at radius 3 is 3.14 bits per heavy atom. The largest absolute Gasteiger partial charge is 0.322 e. The van der Waals surface area contributed by atoms with Gasteiger partial charge in [-0.1, -0.05) is 6.42 Å². The smallest absolute Gasteiger partial charge is 0.320 e. The monoisotopic (exact) mass is 381 g/mol. The van der Waals surface area contributed by atoms with E-state index in [9.17, 15) is 9.18 Å². The highest BCUT2D eigenvalue weighted by molar-refractivity contribution is 5.91. The van der Waals surface area contributed by atoms with Crippen LogP contribution in [-0.4, -0.2) is 40.9 Å². The fraction of sp³-hybridized carbons (Fsp3) is 0.476. The molecule has 146 valence electrons. The van der Waals surface area contributed by atoms with Crippen LogP contribution in [0.1, 0.15) is 48.2 Å². The molecule has 0 saturated heterocycles. The van der Waals surface area contributed by atoms with E-state index in [-0.39, 0.29) is 17.3 Å². The zero-order chi connectivity index (χ0) is 19.3. The molecule has 28 heavy (non-hydrogen) atoms. The fourth-order valence-electron chi connectivity index (χ4n) is 5.08. The first-order valence-electron chi connectivity index (χ1n) is 9.95. The molecular weight excluding hydrogens is 357 g/mol. The molecule has 2 fully saturated rings. The predicted octanol–water partition coefficient (Wildman–Crippen LogP) is 3.63. The summed E-state index contributed by atoms with van der Waals surface area (Å²) in [4.78, 5) is 18.5. The Morgan fingerprint density at radius 2 is 2.39 bits per heavy atom. The van der Waals surface area contributed by atoms with Crippen LogP contribution in [0.5, 0.6) is 0 Å². The first kappa shape index (κ1) is 17.4. The molecular formula is C21H24FN5O. The van der Waals surface area contributed by atoms with E-state index in [0.29, 0.717) is 24.3 Å². The molecule has 1 aromatic carbocycles. The normalized spacial score (nSPS) is 25.6. The third kappa shape index (κ3) is 2.72. The van der Waals surface area contributed by atoms with Gasteiger partial charge in [0.2, 0.25) is 0 Å². The first-order valence-corrected chi connectivity index (χ1v) is 9.95. The second-order valence-corrected chi connectivity index (χ2v) is 8.20. The van der Waals surface area contributed by atoms with Crippen molar-refractivity contribution in [3.8, 4) is 0 Å². The number of H-pyrrole nitrogens is 1. The van der Waals surface area contributed by atoms with Gasteiger partial charge in [-0.15, -0.1) is 0 Å². The number of hydrogen-bond donors (Lipinski definition) is 2. The quantitative estimate of drug-likeness (QED) is 0.797. The summed E-state index contributed by atoms with van der Waals surface area (Å²) in [6, 6.07) is 4.36. The molecule has 1 aliphatic heterocycles.